The van der Waals surface area contributed by atoms with Crippen LogP contribution in [0.3, 0.4) is 0 Å². The number of fused-ring (bicyclic) bond motifs is 1. The zero-order valence-electron chi connectivity index (χ0n) is 12.3. The molecule has 1 saturated carbocycles. The number of aromatic nitrogens is 2. The molecule has 1 aliphatic carbocycles. The molecule has 3 nitrogen and oxygen atoms in total. The third-order valence-corrected chi connectivity index (χ3v) is 5.26. The van der Waals surface area contributed by atoms with Crippen LogP contribution in [0.25, 0.3) is 21.7 Å². The maximum Gasteiger partial charge on any atom is 0.417 e. The molecule has 3 aromatic heterocycles. The van der Waals surface area contributed by atoms with Crippen LogP contribution in [0.2, 0.25) is 0 Å². The lowest BCUT2D eigenvalue weighted by molar-refractivity contribution is -0.136. The molecule has 0 amide bonds. The molecule has 4 rings (SSSR count). The first-order valence-electron chi connectivity index (χ1n) is 7.44. The zero-order chi connectivity index (χ0) is 16.2. The lowest BCUT2D eigenvalue weighted by Crippen LogP contribution is -2.07. The summed E-state index contributed by atoms with van der Waals surface area (Å²) < 4.78 is 45.7. The fourth-order valence-electron chi connectivity index (χ4n) is 2.66. The van der Waals surface area contributed by atoms with E-state index in [9.17, 15) is 13.2 Å². The van der Waals surface area contributed by atoms with Gasteiger partial charge in [-0.05, 0) is 37.5 Å². The van der Waals surface area contributed by atoms with Gasteiger partial charge in [-0.1, -0.05) is 12.1 Å². The molecule has 1 fully saturated rings. The standard InChI is InChI=1S/C16H13F3N2OS/c1-2-9-5-6-12(23-9)11-7-10(16(17,18)19)13-14(8-3-4-8)21-22-15(13)20-11/h5-8H,2-4H2,1H3. The van der Waals surface area contributed by atoms with Crippen molar-refractivity contribution in [3.8, 4) is 10.6 Å². The number of hydrogen-bond donors (Lipinski definition) is 0. The second kappa shape index (κ2) is 5.06. The molecule has 0 aromatic carbocycles. The SMILES string of the molecule is CCc1ccc(-c2cc(C(F)(F)F)c3c(C4CC4)noc3n2)s1. The number of alkyl halides is 3. The Hall–Kier alpha value is -1.89. The van der Waals surface area contributed by atoms with Gasteiger partial charge in [0.15, 0.2) is 0 Å². The van der Waals surface area contributed by atoms with Crippen molar-refractivity contribution in [3.05, 3.63) is 34.3 Å². The van der Waals surface area contributed by atoms with Crippen molar-refractivity contribution < 1.29 is 17.7 Å². The van der Waals surface area contributed by atoms with E-state index in [4.69, 9.17) is 4.52 Å². The normalized spacial score (nSPS) is 15.5. The van der Waals surface area contributed by atoms with Crippen molar-refractivity contribution in [1.82, 2.24) is 10.1 Å². The molecule has 23 heavy (non-hydrogen) atoms. The summed E-state index contributed by atoms with van der Waals surface area (Å²) in [5, 5.41) is 3.88. The van der Waals surface area contributed by atoms with Gasteiger partial charge in [0, 0.05) is 10.8 Å². The van der Waals surface area contributed by atoms with Crippen molar-refractivity contribution in [2.45, 2.75) is 38.3 Å². The smallest absolute Gasteiger partial charge is 0.335 e. The molecule has 120 valence electrons. The van der Waals surface area contributed by atoms with Crippen molar-refractivity contribution in [2.24, 2.45) is 0 Å². The Kier molecular flexibility index (Phi) is 3.23. The predicted molar refractivity (Wildman–Crippen MR) is 81.5 cm³/mol. The second-order valence-electron chi connectivity index (χ2n) is 5.69. The third-order valence-electron chi connectivity index (χ3n) is 4.00. The van der Waals surface area contributed by atoms with Crippen LogP contribution in [-0.4, -0.2) is 10.1 Å². The van der Waals surface area contributed by atoms with Crippen LogP contribution in [0.1, 0.15) is 41.8 Å². The molecule has 0 atom stereocenters. The largest absolute Gasteiger partial charge is 0.417 e. The van der Waals surface area contributed by atoms with Gasteiger partial charge in [-0.15, -0.1) is 11.3 Å². The molecule has 0 unspecified atom stereocenters. The Morgan fingerprint density at radius 1 is 1.30 bits per heavy atom. The molecule has 7 heteroatoms. The van der Waals surface area contributed by atoms with Gasteiger partial charge in [0.05, 0.1) is 27.2 Å². The molecule has 1 aliphatic rings. The van der Waals surface area contributed by atoms with Crippen LogP contribution in [0, 0.1) is 0 Å². The van der Waals surface area contributed by atoms with E-state index >= 15 is 0 Å². The fraction of sp³-hybridized carbons (Fsp3) is 0.375. The number of hydrogen-bond acceptors (Lipinski definition) is 4. The third kappa shape index (κ3) is 2.52. The average molecular weight is 338 g/mol. The van der Waals surface area contributed by atoms with E-state index in [0.29, 0.717) is 10.6 Å². The molecule has 0 bridgehead atoms. The highest BCUT2D eigenvalue weighted by molar-refractivity contribution is 7.15. The topological polar surface area (TPSA) is 38.9 Å². The number of pyridine rings is 1. The van der Waals surface area contributed by atoms with Crippen LogP contribution in [-0.2, 0) is 12.6 Å². The zero-order valence-corrected chi connectivity index (χ0v) is 13.1. The summed E-state index contributed by atoms with van der Waals surface area (Å²) in [6.07, 6.45) is -1.92. The summed E-state index contributed by atoms with van der Waals surface area (Å²) in [6.45, 7) is 2.01. The Balaban J connectivity index is 1.94. The van der Waals surface area contributed by atoms with Crippen LogP contribution >= 0.6 is 11.3 Å². The van der Waals surface area contributed by atoms with E-state index in [2.05, 4.69) is 10.1 Å². The lowest BCUT2D eigenvalue weighted by Gasteiger charge is -2.09. The van der Waals surface area contributed by atoms with E-state index < -0.39 is 11.7 Å². The Labute approximate surface area is 134 Å². The molecule has 0 saturated heterocycles. The Bertz CT molecular complexity index is 877. The number of aryl methyl sites for hydroxylation is 1. The van der Waals surface area contributed by atoms with Crippen molar-refractivity contribution in [3.63, 3.8) is 0 Å². The summed E-state index contributed by atoms with van der Waals surface area (Å²) in [5.41, 5.74) is -0.0462. The van der Waals surface area contributed by atoms with Gasteiger partial charge in [-0.2, -0.15) is 13.2 Å². The molecule has 0 radical (unpaired) electrons. The molecule has 0 aliphatic heterocycles. The van der Waals surface area contributed by atoms with Crippen LogP contribution in [0.4, 0.5) is 13.2 Å². The second-order valence-corrected chi connectivity index (χ2v) is 6.86. The minimum atomic E-state index is -4.46. The van der Waals surface area contributed by atoms with E-state index in [-0.39, 0.29) is 22.7 Å². The maximum absolute atomic E-state index is 13.5. The summed E-state index contributed by atoms with van der Waals surface area (Å²) in [4.78, 5) is 6.09. The summed E-state index contributed by atoms with van der Waals surface area (Å²) in [7, 11) is 0. The van der Waals surface area contributed by atoms with Crippen LogP contribution in [0.15, 0.2) is 22.7 Å². The summed E-state index contributed by atoms with van der Waals surface area (Å²) in [6, 6.07) is 4.84. The highest BCUT2D eigenvalue weighted by atomic mass is 32.1. The van der Waals surface area contributed by atoms with Gasteiger partial charge in [-0.3, -0.25) is 0 Å². The molecular weight excluding hydrogens is 325 g/mol. The predicted octanol–water partition coefficient (Wildman–Crippen LogP) is 5.41. The lowest BCUT2D eigenvalue weighted by atomic mass is 10.1. The molecule has 0 N–H and O–H groups in total. The monoisotopic (exact) mass is 338 g/mol. The van der Waals surface area contributed by atoms with Gasteiger partial charge in [0.25, 0.3) is 5.71 Å². The first-order chi connectivity index (χ1) is 11.0. The van der Waals surface area contributed by atoms with Crippen molar-refractivity contribution in [2.75, 3.05) is 0 Å². The summed E-state index contributed by atoms with van der Waals surface area (Å²) >= 11 is 1.45. The summed E-state index contributed by atoms with van der Waals surface area (Å²) in [5.74, 6) is 0.0680. The van der Waals surface area contributed by atoms with Gasteiger partial charge in [0.1, 0.15) is 0 Å². The van der Waals surface area contributed by atoms with Crippen molar-refractivity contribution >= 4 is 22.4 Å². The highest BCUT2D eigenvalue weighted by Crippen LogP contribution is 2.46. The first kappa shape index (κ1) is 14.7. The highest BCUT2D eigenvalue weighted by Gasteiger charge is 2.39. The minimum absolute atomic E-state index is 0.0241. The molecule has 0 spiro atoms. The Morgan fingerprint density at radius 3 is 2.70 bits per heavy atom. The van der Waals surface area contributed by atoms with Crippen LogP contribution < -0.4 is 0 Å². The molecular formula is C16H13F3N2OS. The Morgan fingerprint density at radius 2 is 2.09 bits per heavy atom. The van der Waals surface area contributed by atoms with E-state index in [1.165, 1.54) is 11.3 Å². The number of thiophene rings is 1. The average Bonchev–Trinajstić information content (AvgIpc) is 3.09. The minimum Gasteiger partial charge on any atom is -0.335 e. The quantitative estimate of drug-likeness (QED) is 0.641. The van der Waals surface area contributed by atoms with Gasteiger partial charge in [0.2, 0.25) is 0 Å². The molecule has 3 aromatic rings. The van der Waals surface area contributed by atoms with E-state index in [1.807, 2.05) is 13.0 Å². The maximum atomic E-state index is 13.5. The number of halogens is 3. The fourth-order valence-corrected chi connectivity index (χ4v) is 3.57. The number of rotatable bonds is 3. The van der Waals surface area contributed by atoms with Gasteiger partial charge >= 0.3 is 6.18 Å². The number of nitrogens with zero attached hydrogens (tertiary/aromatic N) is 2. The van der Waals surface area contributed by atoms with E-state index in [1.54, 1.807) is 6.07 Å². The van der Waals surface area contributed by atoms with Crippen molar-refractivity contribution in [1.29, 1.82) is 0 Å². The molecule has 3 heterocycles. The van der Waals surface area contributed by atoms with Crippen LogP contribution in [0.5, 0.6) is 0 Å². The first-order valence-corrected chi connectivity index (χ1v) is 8.25. The van der Waals surface area contributed by atoms with Gasteiger partial charge in [-0.25, -0.2) is 4.98 Å². The van der Waals surface area contributed by atoms with E-state index in [0.717, 1.165) is 30.2 Å². The van der Waals surface area contributed by atoms with Gasteiger partial charge < -0.3 is 4.52 Å².